The highest BCUT2D eigenvalue weighted by atomic mass is 16.5. The van der Waals surface area contributed by atoms with E-state index in [1.807, 2.05) is 12.3 Å². The van der Waals surface area contributed by atoms with Crippen LogP contribution in [0.15, 0.2) is 24.4 Å². The molecule has 0 spiro atoms. The summed E-state index contributed by atoms with van der Waals surface area (Å²) in [4.78, 5) is 9.46. The largest absolute Gasteiger partial charge is 0.384 e. The minimum Gasteiger partial charge on any atom is -0.384 e. The van der Waals surface area contributed by atoms with Gasteiger partial charge in [-0.2, -0.15) is 0 Å². The Labute approximate surface area is 135 Å². The first-order valence-corrected chi connectivity index (χ1v) is 8.24. The van der Waals surface area contributed by atoms with Crippen molar-refractivity contribution in [1.82, 2.24) is 9.88 Å². The Kier molecular flexibility index (Phi) is 5.45. The lowest BCUT2D eigenvalue weighted by Crippen LogP contribution is -2.56. The van der Waals surface area contributed by atoms with Crippen LogP contribution >= 0.6 is 0 Å². The second-order valence-electron chi connectivity index (χ2n) is 7.75. The molecule has 0 amide bonds. The van der Waals surface area contributed by atoms with Crippen molar-refractivity contribution in [3.8, 4) is 0 Å². The molecule has 0 saturated carbocycles. The van der Waals surface area contributed by atoms with E-state index in [9.17, 15) is 0 Å². The molecule has 0 N–H and O–H groups in total. The lowest BCUT2D eigenvalue weighted by atomic mass is 9.79. The van der Waals surface area contributed by atoms with E-state index >= 15 is 0 Å². The molecule has 0 aliphatic carbocycles. The number of piperazine rings is 1. The Morgan fingerprint density at radius 3 is 2.32 bits per heavy atom. The number of rotatable bonds is 6. The highest BCUT2D eigenvalue weighted by molar-refractivity contribution is 5.38. The van der Waals surface area contributed by atoms with Gasteiger partial charge in [-0.25, -0.2) is 4.98 Å². The molecule has 4 nitrogen and oxygen atoms in total. The molecule has 0 radical (unpaired) electrons. The van der Waals surface area contributed by atoms with Gasteiger partial charge in [0.1, 0.15) is 5.82 Å². The number of ether oxygens (including phenoxy) is 1. The van der Waals surface area contributed by atoms with Gasteiger partial charge in [-0.05, 0) is 37.8 Å². The number of aromatic nitrogens is 1. The summed E-state index contributed by atoms with van der Waals surface area (Å²) in [5.41, 5.74) is 0.397. The second-order valence-corrected chi connectivity index (χ2v) is 7.75. The van der Waals surface area contributed by atoms with Crippen molar-refractivity contribution >= 4 is 5.82 Å². The van der Waals surface area contributed by atoms with E-state index in [4.69, 9.17) is 4.74 Å². The third kappa shape index (κ3) is 4.43. The summed E-state index contributed by atoms with van der Waals surface area (Å²) >= 11 is 0. The third-order valence-electron chi connectivity index (χ3n) is 4.56. The molecule has 1 aliphatic rings. The number of hydrogen-bond donors (Lipinski definition) is 0. The Hall–Kier alpha value is -1.13. The maximum Gasteiger partial charge on any atom is 0.128 e. The molecule has 4 heteroatoms. The van der Waals surface area contributed by atoms with E-state index in [1.165, 1.54) is 0 Å². The van der Waals surface area contributed by atoms with Gasteiger partial charge in [-0.1, -0.05) is 19.9 Å². The molecule has 1 fully saturated rings. The molecule has 22 heavy (non-hydrogen) atoms. The fourth-order valence-corrected chi connectivity index (χ4v) is 3.81. The average Bonchev–Trinajstić information content (AvgIpc) is 2.47. The van der Waals surface area contributed by atoms with Gasteiger partial charge >= 0.3 is 0 Å². The van der Waals surface area contributed by atoms with Crippen molar-refractivity contribution in [3.05, 3.63) is 24.4 Å². The van der Waals surface area contributed by atoms with Crippen LogP contribution in [0.2, 0.25) is 0 Å². The van der Waals surface area contributed by atoms with Gasteiger partial charge in [0, 0.05) is 45.0 Å². The first-order chi connectivity index (χ1) is 10.3. The fourth-order valence-electron chi connectivity index (χ4n) is 3.81. The van der Waals surface area contributed by atoms with Crippen molar-refractivity contribution < 1.29 is 4.74 Å². The first-order valence-electron chi connectivity index (χ1n) is 8.24. The van der Waals surface area contributed by atoms with Crippen LogP contribution < -0.4 is 4.90 Å². The minimum atomic E-state index is 0.193. The van der Waals surface area contributed by atoms with Gasteiger partial charge in [0.25, 0.3) is 0 Å². The lowest BCUT2D eigenvalue weighted by molar-refractivity contribution is 0.0273. The predicted octanol–water partition coefficient (Wildman–Crippen LogP) is 3.04. The summed E-state index contributed by atoms with van der Waals surface area (Å²) in [6.07, 6.45) is 3.01. The van der Waals surface area contributed by atoms with Crippen molar-refractivity contribution in [2.75, 3.05) is 44.8 Å². The van der Waals surface area contributed by atoms with Crippen LogP contribution in [0.5, 0.6) is 0 Å². The van der Waals surface area contributed by atoms with Crippen LogP contribution in [0.25, 0.3) is 0 Å². The van der Waals surface area contributed by atoms with Crippen LogP contribution in [0.3, 0.4) is 0 Å². The molecule has 1 aromatic rings. The summed E-state index contributed by atoms with van der Waals surface area (Å²) in [5, 5.41) is 0. The van der Waals surface area contributed by atoms with E-state index in [2.05, 4.69) is 54.6 Å². The maximum absolute atomic E-state index is 5.38. The van der Waals surface area contributed by atoms with Crippen molar-refractivity contribution in [1.29, 1.82) is 0 Å². The Bertz CT molecular complexity index is 451. The number of nitrogens with zero attached hydrogens (tertiary/aromatic N) is 3. The zero-order valence-electron chi connectivity index (χ0n) is 14.8. The number of hydrogen-bond acceptors (Lipinski definition) is 4. The summed E-state index contributed by atoms with van der Waals surface area (Å²) in [7, 11) is 1.79. The first kappa shape index (κ1) is 17.2. The molecule has 0 aromatic carbocycles. The monoisotopic (exact) mass is 305 g/mol. The Balaban J connectivity index is 1.92. The molecule has 1 aliphatic heterocycles. The smallest absolute Gasteiger partial charge is 0.128 e. The van der Waals surface area contributed by atoms with Gasteiger partial charge in [0.15, 0.2) is 0 Å². The van der Waals surface area contributed by atoms with Crippen LogP contribution in [0.4, 0.5) is 5.82 Å². The molecule has 0 bridgehead atoms. The molecule has 1 aromatic heterocycles. The zero-order valence-corrected chi connectivity index (χ0v) is 14.8. The summed E-state index contributed by atoms with van der Waals surface area (Å²) in [6.45, 7) is 14.4. The van der Waals surface area contributed by atoms with Gasteiger partial charge in [-0.3, -0.25) is 4.90 Å². The van der Waals surface area contributed by atoms with E-state index in [-0.39, 0.29) is 11.0 Å². The molecular formula is C18H31N3O. The van der Waals surface area contributed by atoms with Gasteiger partial charge < -0.3 is 9.64 Å². The summed E-state index contributed by atoms with van der Waals surface area (Å²) in [5.74, 6) is 1.10. The van der Waals surface area contributed by atoms with Crippen LogP contribution in [0, 0.1) is 5.41 Å². The summed E-state index contributed by atoms with van der Waals surface area (Å²) < 4.78 is 5.38. The Morgan fingerprint density at radius 2 is 1.77 bits per heavy atom. The quantitative estimate of drug-likeness (QED) is 0.807. The van der Waals surface area contributed by atoms with E-state index in [1.54, 1.807) is 7.11 Å². The minimum absolute atomic E-state index is 0.193. The van der Waals surface area contributed by atoms with Crippen molar-refractivity contribution in [3.63, 3.8) is 0 Å². The second kappa shape index (κ2) is 6.97. The molecule has 0 unspecified atom stereocenters. The van der Waals surface area contributed by atoms with Crippen molar-refractivity contribution in [2.45, 2.75) is 39.7 Å². The molecule has 1 saturated heterocycles. The SMILES string of the molecule is COCC(C)(C)CC(C)(C)N1CCN(c2ccccn2)CC1. The number of methoxy groups -OCH3 is 1. The Morgan fingerprint density at radius 1 is 1.09 bits per heavy atom. The highest BCUT2D eigenvalue weighted by Crippen LogP contribution is 2.32. The number of pyridine rings is 1. The van der Waals surface area contributed by atoms with E-state index in [0.717, 1.165) is 45.0 Å². The predicted molar refractivity (Wildman–Crippen MR) is 92.4 cm³/mol. The summed E-state index contributed by atoms with van der Waals surface area (Å²) in [6, 6.07) is 6.13. The van der Waals surface area contributed by atoms with Gasteiger partial charge in [0.2, 0.25) is 0 Å². The fraction of sp³-hybridized carbons (Fsp3) is 0.722. The molecule has 0 atom stereocenters. The zero-order chi connectivity index (χ0) is 16.2. The maximum atomic E-state index is 5.38. The van der Waals surface area contributed by atoms with Gasteiger partial charge in [-0.15, -0.1) is 0 Å². The topological polar surface area (TPSA) is 28.6 Å². The van der Waals surface area contributed by atoms with Crippen LogP contribution in [0.1, 0.15) is 34.1 Å². The molecular weight excluding hydrogens is 274 g/mol. The van der Waals surface area contributed by atoms with E-state index < -0.39 is 0 Å². The van der Waals surface area contributed by atoms with Crippen LogP contribution in [-0.2, 0) is 4.74 Å². The normalized spacial score (nSPS) is 17.8. The van der Waals surface area contributed by atoms with Crippen molar-refractivity contribution in [2.24, 2.45) is 5.41 Å². The van der Waals surface area contributed by atoms with E-state index in [0.29, 0.717) is 0 Å². The van der Waals surface area contributed by atoms with Gasteiger partial charge in [0.05, 0.1) is 6.61 Å². The van der Waals surface area contributed by atoms with Crippen LogP contribution in [-0.4, -0.2) is 55.3 Å². The number of anilines is 1. The third-order valence-corrected chi connectivity index (χ3v) is 4.56. The lowest BCUT2D eigenvalue weighted by Gasteiger charge is -2.47. The standard InChI is InChI=1S/C18H31N3O/c1-17(2,15-22-5)14-18(3,4)21-12-10-20(11-13-21)16-8-6-7-9-19-16/h6-9H,10-15H2,1-5H3. The molecule has 2 heterocycles. The molecule has 2 rings (SSSR count). The average molecular weight is 305 g/mol. The molecule has 124 valence electrons. The highest BCUT2D eigenvalue weighted by Gasteiger charge is 2.35.